The summed E-state index contributed by atoms with van der Waals surface area (Å²) in [5.74, 6) is 2.72. The molecule has 0 bridgehead atoms. The molecule has 3 aliphatic rings. The molecule has 2 saturated heterocycles. The monoisotopic (exact) mass is 693 g/mol. The Bertz CT molecular complexity index is 1960. The first-order valence-corrected chi connectivity index (χ1v) is 18.9. The minimum atomic E-state index is 0.485. The number of rotatable bonds is 11. The highest BCUT2D eigenvalue weighted by Crippen LogP contribution is 2.42. The van der Waals surface area contributed by atoms with E-state index in [2.05, 4.69) is 63.8 Å². The molecule has 13 heteroatoms. The van der Waals surface area contributed by atoms with E-state index < -0.39 is 0 Å². The third-order valence-electron chi connectivity index (χ3n) is 10.6. The maximum atomic E-state index is 6.04. The van der Waals surface area contributed by atoms with Crippen molar-refractivity contribution in [3.63, 3.8) is 0 Å². The van der Waals surface area contributed by atoms with Crippen molar-refractivity contribution >= 4 is 68.5 Å². The van der Waals surface area contributed by atoms with Crippen LogP contribution in [0, 0.1) is 5.92 Å². The van der Waals surface area contributed by atoms with Crippen LogP contribution in [0.4, 0.5) is 34.5 Å². The molecular weight excluding hydrogens is 647 g/mol. The van der Waals surface area contributed by atoms with Crippen LogP contribution >= 0.6 is 11.9 Å². The van der Waals surface area contributed by atoms with E-state index in [-0.39, 0.29) is 0 Å². The Morgan fingerprint density at radius 1 is 0.940 bits per heavy atom. The van der Waals surface area contributed by atoms with Gasteiger partial charge in [0.05, 0.1) is 35.1 Å². The largest absolute Gasteiger partial charge is 0.494 e. The lowest BCUT2D eigenvalue weighted by Gasteiger charge is -2.43. The van der Waals surface area contributed by atoms with Crippen LogP contribution in [0.2, 0.25) is 0 Å². The summed E-state index contributed by atoms with van der Waals surface area (Å²) in [6.07, 6.45) is 13.5. The number of hydrogen-bond donors (Lipinski definition) is 3. The van der Waals surface area contributed by atoms with Crippen molar-refractivity contribution in [3.8, 4) is 5.75 Å². The number of piperidine rings is 1. The lowest BCUT2D eigenvalue weighted by atomic mass is 9.98. The zero-order valence-electron chi connectivity index (χ0n) is 29.4. The normalized spacial score (nSPS) is 17.8. The maximum absolute atomic E-state index is 6.04. The SMILES string of the molecule is COc1cc(N2CCC(N3CCN(C)CC3)CC2)c(CC2CC2)cc1Nc1nc(Nc2ccc3nccnc3c2N(C)SC)c2cc[nH]c2n1. The fraction of sp³-hybridized carbons (Fsp3) is 0.459. The van der Waals surface area contributed by atoms with Crippen molar-refractivity contribution in [2.45, 2.75) is 38.1 Å². The van der Waals surface area contributed by atoms with Gasteiger partial charge in [-0.1, -0.05) is 11.9 Å². The molecule has 0 atom stereocenters. The Kier molecular flexibility index (Phi) is 9.28. The number of benzene rings is 2. The highest BCUT2D eigenvalue weighted by molar-refractivity contribution is 7.99. The summed E-state index contributed by atoms with van der Waals surface area (Å²) < 4.78 is 8.14. The van der Waals surface area contributed by atoms with E-state index in [0.29, 0.717) is 17.8 Å². The van der Waals surface area contributed by atoms with Gasteiger partial charge >= 0.3 is 0 Å². The molecule has 0 amide bonds. The maximum Gasteiger partial charge on any atom is 0.231 e. The number of nitrogens with zero attached hydrogens (tertiary/aromatic N) is 8. The molecule has 1 aliphatic carbocycles. The Morgan fingerprint density at radius 2 is 1.74 bits per heavy atom. The summed E-state index contributed by atoms with van der Waals surface area (Å²) in [7, 11) is 6.01. The molecule has 5 heterocycles. The van der Waals surface area contributed by atoms with Gasteiger partial charge in [0.2, 0.25) is 5.95 Å². The number of piperazine rings is 1. The average molecular weight is 694 g/mol. The van der Waals surface area contributed by atoms with E-state index in [1.807, 2.05) is 37.7 Å². The number of anilines is 6. The molecule has 1 saturated carbocycles. The van der Waals surface area contributed by atoms with E-state index in [9.17, 15) is 0 Å². The Morgan fingerprint density at radius 3 is 2.50 bits per heavy atom. The number of fused-ring (bicyclic) bond motifs is 2. The number of ether oxygens (including phenoxy) is 1. The minimum Gasteiger partial charge on any atom is -0.494 e. The van der Waals surface area contributed by atoms with Crippen molar-refractivity contribution in [3.05, 3.63) is 54.5 Å². The zero-order valence-corrected chi connectivity index (χ0v) is 30.3. The zero-order chi connectivity index (χ0) is 34.2. The molecule has 5 aromatic rings. The number of methoxy groups -OCH3 is 1. The third-order valence-corrected chi connectivity index (χ3v) is 11.3. The predicted molar refractivity (Wildman–Crippen MR) is 206 cm³/mol. The van der Waals surface area contributed by atoms with Crippen molar-refractivity contribution in [2.75, 3.05) is 86.6 Å². The molecule has 3 fully saturated rings. The number of H-pyrrole nitrogens is 1. The Labute approximate surface area is 298 Å². The standard InChI is InChI=1S/C37H47N11OS/c1-45-17-19-47(20-18-45)26-10-15-48(16-11-26)31-23-32(49-3)30(22-25(31)21-24-5-6-24)42-37-43-35-27(9-12-40-35)36(44-37)41-29-8-7-28-33(39-14-13-38-28)34(29)46(2)50-4/h7-9,12-14,22-24,26H,5-6,10-11,15-21H2,1-4H3,(H3,40,41,42,43,44). The smallest absolute Gasteiger partial charge is 0.231 e. The van der Waals surface area contributed by atoms with Crippen molar-refractivity contribution in [2.24, 2.45) is 5.92 Å². The van der Waals surface area contributed by atoms with Gasteiger partial charge in [-0.25, -0.2) is 0 Å². The summed E-state index contributed by atoms with van der Waals surface area (Å²) in [4.78, 5) is 30.2. The number of hydrogen-bond acceptors (Lipinski definition) is 12. The lowest BCUT2D eigenvalue weighted by molar-refractivity contribution is 0.0982. The Hall–Kier alpha value is -4.33. The fourth-order valence-electron chi connectivity index (χ4n) is 7.50. The van der Waals surface area contributed by atoms with Gasteiger partial charge in [-0.3, -0.25) is 14.9 Å². The van der Waals surface area contributed by atoms with Gasteiger partial charge < -0.3 is 34.5 Å². The molecule has 0 radical (unpaired) electrons. The first-order valence-electron chi connectivity index (χ1n) is 17.8. The molecular formula is C37H47N11OS. The number of likely N-dealkylation sites (N-methyl/N-ethyl adjacent to an activating group) is 1. The first-order chi connectivity index (χ1) is 24.5. The summed E-state index contributed by atoms with van der Waals surface area (Å²) in [5.41, 5.74) is 7.77. The molecule has 12 nitrogen and oxygen atoms in total. The van der Waals surface area contributed by atoms with Crippen LogP contribution in [0.1, 0.15) is 31.2 Å². The average Bonchev–Trinajstić information content (AvgIpc) is 3.84. The van der Waals surface area contributed by atoms with Gasteiger partial charge in [0, 0.05) is 89.0 Å². The van der Waals surface area contributed by atoms with E-state index in [0.717, 1.165) is 70.3 Å². The molecule has 2 aliphatic heterocycles. The van der Waals surface area contributed by atoms with Gasteiger partial charge in [0.1, 0.15) is 22.7 Å². The van der Waals surface area contributed by atoms with Crippen LogP contribution in [-0.2, 0) is 6.42 Å². The molecule has 262 valence electrons. The highest BCUT2D eigenvalue weighted by atomic mass is 32.2. The molecule has 2 aromatic carbocycles. The second-order valence-corrected chi connectivity index (χ2v) is 14.8. The number of aromatic amines is 1. The van der Waals surface area contributed by atoms with Gasteiger partial charge in [0.25, 0.3) is 0 Å². The van der Waals surface area contributed by atoms with Crippen molar-refractivity contribution < 1.29 is 4.74 Å². The summed E-state index contributed by atoms with van der Waals surface area (Å²) >= 11 is 1.61. The van der Waals surface area contributed by atoms with E-state index in [1.165, 1.54) is 63.1 Å². The van der Waals surface area contributed by atoms with Crippen LogP contribution in [-0.4, -0.2) is 107 Å². The second kappa shape index (κ2) is 14.1. The molecule has 0 unspecified atom stereocenters. The summed E-state index contributed by atoms with van der Waals surface area (Å²) in [5, 5.41) is 8.06. The van der Waals surface area contributed by atoms with E-state index in [4.69, 9.17) is 14.7 Å². The topological polar surface area (TPSA) is 114 Å². The van der Waals surface area contributed by atoms with Gasteiger partial charge in [-0.05, 0) is 74.9 Å². The minimum absolute atomic E-state index is 0.485. The fourth-order valence-corrected chi connectivity index (χ4v) is 7.87. The molecule has 0 spiro atoms. The molecule has 3 N–H and O–H groups in total. The third kappa shape index (κ3) is 6.73. The van der Waals surface area contributed by atoms with E-state index >= 15 is 0 Å². The summed E-state index contributed by atoms with van der Waals surface area (Å²) in [6.45, 7) is 6.85. The second-order valence-electron chi connectivity index (χ2n) is 13.8. The van der Waals surface area contributed by atoms with Crippen molar-refractivity contribution in [1.82, 2.24) is 34.7 Å². The Balaban J connectivity index is 1.08. The molecule has 8 rings (SSSR count). The number of nitrogens with one attached hydrogen (secondary N) is 3. The van der Waals surface area contributed by atoms with Crippen LogP contribution in [0.15, 0.2) is 48.9 Å². The summed E-state index contributed by atoms with van der Waals surface area (Å²) in [6, 6.07) is 11.2. The molecule has 50 heavy (non-hydrogen) atoms. The van der Waals surface area contributed by atoms with E-state index in [1.54, 1.807) is 31.5 Å². The van der Waals surface area contributed by atoms with Gasteiger partial charge in [-0.15, -0.1) is 0 Å². The van der Waals surface area contributed by atoms with Crippen LogP contribution in [0.25, 0.3) is 22.1 Å². The van der Waals surface area contributed by atoms with Crippen LogP contribution < -0.4 is 24.6 Å². The predicted octanol–water partition coefficient (Wildman–Crippen LogP) is 6.28. The number of aromatic nitrogens is 5. The quantitative estimate of drug-likeness (QED) is 0.135. The molecule has 3 aromatic heterocycles. The highest BCUT2D eigenvalue weighted by Gasteiger charge is 2.30. The first kappa shape index (κ1) is 32.9. The van der Waals surface area contributed by atoms with Crippen LogP contribution in [0.3, 0.4) is 0 Å². The van der Waals surface area contributed by atoms with Crippen molar-refractivity contribution in [1.29, 1.82) is 0 Å². The lowest BCUT2D eigenvalue weighted by Crippen LogP contribution is -2.52. The van der Waals surface area contributed by atoms with Gasteiger partial charge in [0.15, 0.2) is 0 Å². The van der Waals surface area contributed by atoms with Crippen LogP contribution in [0.5, 0.6) is 5.75 Å². The van der Waals surface area contributed by atoms with Gasteiger partial charge in [-0.2, -0.15) is 9.97 Å².